The van der Waals surface area contributed by atoms with Gasteiger partial charge in [-0.1, -0.05) is 89.8 Å². The zero-order valence-corrected chi connectivity index (χ0v) is 22.3. The Morgan fingerprint density at radius 1 is 0.475 bits per heavy atom. The Morgan fingerprint density at radius 2 is 1.20 bits per heavy atom. The van der Waals surface area contributed by atoms with E-state index in [1.165, 1.54) is 16.3 Å². The zero-order valence-electron chi connectivity index (χ0n) is 21.5. The second kappa shape index (κ2) is 8.68. The van der Waals surface area contributed by atoms with E-state index in [9.17, 15) is 0 Å². The highest BCUT2D eigenvalue weighted by Crippen LogP contribution is 2.45. The molecule has 2 aromatic heterocycles. The van der Waals surface area contributed by atoms with Crippen LogP contribution in [0.4, 0.5) is 0 Å². The molecule has 0 amide bonds. The van der Waals surface area contributed by atoms with Crippen molar-refractivity contribution >= 4 is 117 Å². The molecule has 0 aliphatic carbocycles. The molecule has 6 aromatic carbocycles. The normalized spacial score (nSPS) is 11.9. The first-order valence-corrected chi connectivity index (χ1v) is 13.9. The van der Waals surface area contributed by atoms with Crippen LogP contribution in [0.2, 0.25) is 0 Å². The molecule has 0 saturated heterocycles. The third-order valence-electron chi connectivity index (χ3n) is 8.07. The summed E-state index contributed by atoms with van der Waals surface area (Å²) in [5, 5.41) is 6.53. The lowest BCUT2D eigenvalue weighted by Crippen LogP contribution is -2.47. The van der Waals surface area contributed by atoms with Gasteiger partial charge in [-0.3, -0.25) is 0 Å². The first kappa shape index (κ1) is 23.7. The van der Waals surface area contributed by atoms with Gasteiger partial charge in [0.15, 0.2) is 0 Å². The lowest BCUT2D eigenvalue weighted by atomic mass is 9.65. The number of aromatic amines is 1. The molecule has 0 bridgehead atoms. The fourth-order valence-electron chi connectivity index (χ4n) is 6.04. The molecule has 8 radical (unpaired) electrons. The van der Waals surface area contributed by atoms with E-state index in [1.807, 2.05) is 6.07 Å². The molecule has 0 aliphatic rings. The van der Waals surface area contributed by atoms with E-state index in [0.29, 0.717) is 21.9 Å². The predicted molar refractivity (Wildman–Crippen MR) is 179 cm³/mol. The quantitative estimate of drug-likeness (QED) is 0.299. The summed E-state index contributed by atoms with van der Waals surface area (Å²) in [6.45, 7) is 0. The number of rotatable bonds is 2. The SMILES string of the molecule is [B]c1c([B])c([B])c2c(sc3c(-c4ccc5ccccc5c4)cc4[nH]c5cc(-c6ccccc6)ccc5c4c32)c1[B]. The van der Waals surface area contributed by atoms with Gasteiger partial charge in [0.1, 0.15) is 31.4 Å². The monoisotopic (exact) mass is 515 g/mol. The third kappa shape index (κ3) is 3.33. The van der Waals surface area contributed by atoms with Gasteiger partial charge in [0.2, 0.25) is 0 Å². The van der Waals surface area contributed by atoms with Crippen molar-refractivity contribution in [2.75, 3.05) is 0 Å². The van der Waals surface area contributed by atoms with Crippen LogP contribution in [0, 0.1) is 0 Å². The Labute approximate surface area is 240 Å². The topological polar surface area (TPSA) is 15.8 Å². The summed E-state index contributed by atoms with van der Waals surface area (Å²) in [6.07, 6.45) is 0. The van der Waals surface area contributed by atoms with E-state index in [0.717, 1.165) is 58.7 Å². The van der Waals surface area contributed by atoms with Crippen LogP contribution in [0.1, 0.15) is 0 Å². The summed E-state index contributed by atoms with van der Waals surface area (Å²) in [4.78, 5) is 3.72. The highest BCUT2D eigenvalue weighted by atomic mass is 32.1. The first-order chi connectivity index (χ1) is 19.5. The summed E-state index contributed by atoms with van der Waals surface area (Å²) < 4.78 is 1.97. The highest BCUT2D eigenvalue weighted by Gasteiger charge is 2.21. The molecule has 0 spiro atoms. The minimum atomic E-state index is 0.333. The molecule has 0 unspecified atom stereocenters. The maximum absolute atomic E-state index is 6.70. The molecule has 40 heavy (non-hydrogen) atoms. The standard InChI is InChI=1S/C34H17B4NS/c35-29-28-27-26-22-13-12-20(17-6-2-1-3-7-17)15-24(22)39-25(26)16-23(21-11-10-18-8-4-5-9-19(18)14-21)33(27)40-34(28)32(38)31(37)30(29)36/h1-16,39H. The number of fused-ring (bicyclic) bond motifs is 8. The summed E-state index contributed by atoms with van der Waals surface area (Å²) in [7, 11) is 26.0. The molecule has 6 heteroatoms. The van der Waals surface area contributed by atoms with Gasteiger partial charge in [-0.25, -0.2) is 0 Å². The number of benzene rings is 6. The molecule has 0 aliphatic heterocycles. The molecular weight excluding hydrogens is 498 g/mol. The van der Waals surface area contributed by atoms with E-state index >= 15 is 0 Å². The number of hydrogen-bond acceptors (Lipinski definition) is 1. The largest absolute Gasteiger partial charge is 0.354 e. The molecule has 176 valence electrons. The van der Waals surface area contributed by atoms with E-state index in [1.54, 1.807) is 11.3 Å². The van der Waals surface area contributed by atoms with E-state index in [2.05, 4.69) is 96.0 Å². The first-order valence-electron chi connectivity index (χ1n) is 13.1. The number of aromatic nitrogens is 1. The second-order valence-corrected chi connectivity index (χ2v) is 11.3. The van der Waals surface area contributed by atoms with Crippen molar-refractivity contribution in [1.29, 1.82) is 0 Å². The van der Waals surface area contributed by atoms with Crippen LogP contribution in [0.5, 0.6) is 0 Å². The summed E-state index contributed by atoms with van der Waals surface area (Å²) in [5.74, 6) is 0. The van der Waals surface area contributed by atoms with Crippen molar-refractivity contribution in [3.63, 3.8) is 0 Å². The summed E-state index contributed by atoms with van der Waals surface area (Å²) >= 11 is 1.62. The number of hydrogen-bond donors (Lipinski definition) is 1. The molecule has 8 rings (SSSR count). The van der Waals surface area contributed by atoms with Crippen LogP contribution in [0.25, 0.3) is 75.0 Å². The van der Waals surface area contributed by atoms with E-state index in [-0.39, 0.29) is 0 Å². The fraction of sp³-hybridized carbons (Fsp3) is 0. The lowest BCUT2D eigenvalue weighted by Gasteiger charge is -2.13. The Hall–Kier alpha value is -4.14. The van der Waals surface area contributed by atoms with Gasteiger partial charge < -0.3 is 4.98 Å². The van der Waals surface area contributed by atoms with Crippen LogP contribution in [0.3, 0.4) is 0 Å². The van der Waals surface area contributed by atoms with Crippen LogP contribution in [-0.2, 0) is 0 Å². The zero-order chi connectivity index (χ0) is 27.1. The molecule has 1 N–H and O–H groups in total. The van der Waals surface area contributed by atoms with Crippen molar-refractivity contribution in [2.24, 2.45) is 0 Å². The van der Waals surface area contributed by atoms with Crippen LogP contribution in [0.15, 0.2) is 97.1 Å². The number of H-pyrrole nitrogens is 1. The molecule has 1 nitrogen and oxygen atoms in total. The van der Waals surface area contributed by atoms with E-state index in [4.69, 9.17) is 31.4 Å². The number of nitrogens with one attached hydrogen (secondary N) is 1. The fourth-order valence-corrected chi connectivity index (χ4v) is 7.37. The van der Waals surface area contributed by atoms with Gasteiger partial charge >= 0.3 is 0 Å². The van der Waals surface area contributed by atoms with Gasteiger partial charge in [-0.2, -0.15) is 0 Å². The highest BCUT2D eigenvalue weighted by molar-refractivity contribution is 7.28. The minimum Gasteiger partial charge on any atom is -0.354 e. The molecule has 0 atom stereocenters. The van der Waals surface area contributed by atoms with E-state index < -0.39 is 0 Å². The molecule has 8 aromatic rings. The van der Waals surface area contributed by atoms with Gasteiger partial charge in [0.25, 0.3) is 0 Å². The maximum Gasteiger partial charge on any atom is 0.114 e. The maximum atomic E-state index is 6.70. The summed E-state index contributed by atoms with van der Waals surface area (Å²) in [5.41, 5.74) is 8.28. The predicted octanol–water partition coefficient (Wildman–Crippen LogP) is 5.35. The van der Waals surface area contributed by atoms with Gasteiger partial charge in [0.05, 0.1) is 0 Å². The molecule has 2 heterocycles. The summed E-state index contributed by atoms with van der Waals surface area (Å²) in [6, 6.07) is 34.2. The minimum absolute atomic E-state index is 0.333. The molecule has 0 saturated carbocycles. The van der Waals surface area contributed by atoms with Gasteiger partial charge in [-0.05, 0) is 51.0 Å². The van der Waals surface area contributed by atoms with Gasteiger partial charge in [0, 0.05) is 42.2 Å². The third-order valence-corrected chi connectivity index (χ3v) is 9.33. The van der Waals surface area contributed by atoms with Crippen molar-refractivity contribution in [1.82, 2.24) is 4.98 Å². The molecule has 0 fully saturated rings. The van der Waals surface area contributed by atoms with Gasteiger partial charge in [-0.15, -0.1) is 22.3 Å². The van der Waals surface area contributed by atoms with Crippen LogP contribution < -0.4 is 21.9 Å². The van der Waals surface area contributed by atoms with Crippen LogP contribution in [-0.4, -0.2) is 36.4 Å². The van der Waals surface area contributed by atoms with Crippen molar-refractivity contribution in [3.05, 3.63) is 97.1 Å². The Balaban J connectivity index is 1.54. The van der Waals surface area contributed by atoms with Crippen LogP contribution >= 0.6 is 11.3 Å². The smallest absolute Gasteiger partial charge is 0.114 e. The Bertz CT molecular complexity index is 2320. The molecular formula is C34H17B4NS. The lowest BCUT2D eigenvalue weighted by molar-refractivity contribution is 1.54. The average molecular weight is 515 g/mol. The van der Waals surface area contributed by atoms with Crippen molar-refractivity contribution in [3.8, 4) is 22.3 Å². The van der Waals surface area contributed by atoms with Crippen molar-refractivity contribution < 1.29 is 0 Å². The Morgan fingerprint density at radius 3 is 2.02 bits per heavy atom. The van der Waals surface area contributed by atoms with Crippen molar-refractivity contribution in [2.45, 2.75) is 0 Å². The second-order valence-electron chi connectivity index (χ2n) is 10.3. The Kier molecular flexibility index (Phi) is 5.15. The average Bonchev–Trinajstić information content (AvgIpc) is 3.57. The number of thiophene rings is 1.